The Morgan fingerprint density at radius 1 is 1.14 bits per heavy atom. The molecule has 3 nitrogen and oxygen atoms in total. The maximum absolute atomic E-state index is 6.47. The van der Waals surface area contributed by atoms with E-state index in [1.807, 2.05) is 36.2 Å². The molecule has 0 unspecified atom stereocenters. The lowest BCUT2D eigenvalue weighted by molar-refractivity contribution is 0.816. The van der Waals surface area contributed by atoms with E-state index in [2.05, 4.69) is 22.0 Å². The number of hydrogen-bond acceptors (Lipinski definition) is 5. The van der Waals surface area contributed by atoms with E-state index in [4.69, 9.17) is 16.6 Å². The van der Waals surface area contributed by atoms with Crippen molar-refractivity contribution in [1.29, 1.82) is 0 Å². The molecule has 0 amide bonds. The van der Waals surface area contributed by atoms with E-state index in [-0.39, 0.29) is 0 Å². The maximum atomic E-state index is 6.47. The van der Waals surface area contributed by atoms with Crippen molar-refractivity contribution in [3.63, 3.8) is 0 Å². The zero-order valence-electron chi connectivity index (χ0n) is 11.8. The monoisotopic (exact) mass is 337 g/mol. The molecule has 2 heterocycles. The highest BCUT2D eigenvalue weighted by molar-refractivity contribution is 7.99. The molecule has 0 aliphatic carbocycles. The molecule has 1 aromatic carbocycles. The molecule has 6 heteroatoms. The summed E-state index contributed by atoms with van der Waals surface area (Å²) < 4.78 is 0. The average Bonchev–Trinajstić information content (AvgIpc) is 2.55. The van der Waals surface area contributed by atoms with Crippen LogP contribution in [0.2, 0.25) is 5.15 Å². The SMILES string of the molecule is CSc1nc(Cl)c(-c2ccccc2)c(N2CCSCC2)n1. The number of rotatable bonds is 3. The number of thioether (sulfide) groups is 2. The third kappa shape index (κ3) is 3.30. The number of anilines is 1. The second-order valence-electron chi connectivity index (χ2n) is 4.67. The van der Waals surface area contributed by atoms with E-state index < -0.39 is 0 Å². The smallest absolute Gasteiger partial charge is 0.190 e. The van der Waals surface area contributed by atoms with Gasteiger partial charge in [-0.25, -0.2) is 9.97 Å². The Labute approximate surface area is 138 Å². The van der Waals surface area contributed by atoms with Gasteiger partial charge in [0.25, 0.3) is 0 Å². The van der Waals surface area contributed by atoms with Gasteiger partial charge < -0.3 is 4.90 Å². The molecule has 0 atom stereocenters. The van der Waals surface area contributed by atoms with Crippen molar-refractivity contribution in [3.05, 3.63) is 35.5 Å². The van der Waals surface area contributed by atoms with Crippen molar-refractivity contribution in [2.45, 2.75) is 5.16 Å². The minimum Gasteiger partial charge on any atom is -0.354 e. The lowest BCUT2D eigenvalue weighted by atomic mass is 10.1. The third-order valence-electron chi connectivity index (χ3n) is 3.38. The second-order valence-corrected chi connectivity index (χ2v) is 7.02. The van der Waals surface area contributed by atoms with Gasteiger partial charge in [-0.15, -0.1) is 0 Å². The van der Waals surface area contributed by atoms with Crippen molar-refractivity contribution in [2.75, 3.05) is 35.8 Å². The summed E-state index contributed by atoms with van der Waals surface area (Å²) in [5.74, 6) is 3.22. The van der Waals surface area contributed by atoms with Crippen LogP contribution in [0.15, 0.2) is 35.5 Å². The van der Waals surface area contributed by atoms with Gasteiger partial charge in [0.05, 0.1) is 5.56 Å². The summed E-state index contributed by atoms with van der Waals surface area (Å²) >= 11 is 9.98. The summed E-state index contributed by atoms with van der Waals surface area (Å²) in [5.41, 5.74) is 2.02. The van der Waals surface area contributed by atoms with Crippen molar-refractivity contribution in [2.24, 2.45) is 0 Å². The fourth-order valence-electron chi connectivity index (χ4n) is 2.35. The van der Waals surface area contributed by atoms with E-state index >= 15 is 0 Å². The Morgan fingerprint density at radius 3 is 2.52 bits per heavy atom. The van der Waals surface area contributed by atoms with Gasteiger partial charge in [-0.1, -0.05) is 53.7 Å². The van der Waals surface area contributed by atoms with E-state index in [0.29, 0.717) is 5.15 Å². The number of nitrogens with zero attached hydrogens (tertiary/aromatic N) is 3. The van der Waals surface area contributed by atoms with Crippen LogP contribution >= 0.6 is 35.1 Å². The van der Waals surface area contributed by atoms with Crippen molar-refractivity contribution < 1.29 is 0 Å². The Hall–Kier alpha value is -0.910. The van der Waals surface area contributed by atoms with Crippen LogP contribution in [-0.4, -0.2) is 40.8 Å². The van der Waals surface area contributed by atoms with Gasteiger partial charge in [-0.3, -0.25) is 0 Å². The lowest BCUT2D eigenvalue weighted by Gasteiger charge is -2.29. The molecule has 0 N–H and O–H groups in total. The number of hydrogen-bond donors (Lipinski definition) is 0. The van der Waals surface area contributed by atoms with Gasteiger partial charge in [0.1, 0.15) is 11.0 Å². The highest BCUT2D eigenvalue weighted by atomic mass is 35.5. The molecule has 3 rings (SSSR count). The van der Waals surface area contributed by atoms with Gasteiger partial charge in [0.2, 0.25) is 0 Å². The second kappa shape index (κ2) is 6.90. The van der Waals surface area contributed by atoms with Crippen LogP contribution < -0.4 is 4.90 Å². The molecule has 21 heavy (non-hydrogen) atoms. The fourth-order valence-corrected chi connectivity index (χ4v) is 3.94. The fraction of sp³-hybridized carbons (Fsp3) is 0.333. The number of aromatic nitrogens is 2. The van der Waals surface area contributed by atoms with Crippen molar-refractivity contribution in [3.8, 4) is 11.1 Å². The predicted molar refractivity (Wildman–Crippen MR) is 93.8 cm³/mol. The van der Waals surface area contributed by atoms with Crippen LogP contribution in [0.3, 0.4) is 0 Å². The minimum absolute atomic E-state index is 0.536. The summed E-state index contributed by atoms with van der Waals surface area (Å²) in [4.78, 5) is 11.5. The zero-order valence-corrected chi connectivity index (χ0v) is 14.1. The molecule has 1 saturated heterocycles. The third-order valence-corrected chi connectivity index (χ3v) is 5.14. The Morgan fingerprint density at radius 2 is 1.86 bits per heavy atom. The average molecular weight is 338 g/mol. The van der Waals surface area contributed by atoms with Gasteiger partial charge in [0.15, 0.2) is 5.16 Å². The normalized spacial score (nSPS) is 15.2. The molecular weight excluding hydrogens is 322 g/mol. The van der Waals surface area contributed by atoms with Crippen LogP contribution in [0.5, 0.6) is 0 Å². The van der Waals surface area contributed by atoms with E-state index in [0.717, 1.165) is 46.7 Å². The van der Waals surface area contributed by atoms with Gasteiger partial charge in [-0.05, 0) is 11.8 Å². The van der Waals surface area contributed by atoms with Crippen LogP contribution in [0, 0.1) is 0 Å². The van der Waals surface area contributed by atoms with Crippen molar-refractivity contribution in [1.82, 2.24) is 9.97 Å². The highest BCUT2D eigenvalue weighted by Crippen LogP contribution is 2.36. The molecule has 0 saturated carbocycles. The van der Waals surface area contributed by atoms with Crippen LogP contribution in [0.25, 0.3) is 11.1 Å². The van der Waals surface area contributed by atoms with Gasteiger partial charge >= 0.3 is 0 Å². The summed E-state index contributed by atoms with van der Waals surface area (Å²) in [5, 5.41) is 1.27. The quantitative estimate of drug-likeness (QED) is 0.478. The summed E-state index contributed by atoms with van der Waals surface area (Å²) in [6.45, 7) is 2.01. The first-order valence-corrected chi connectivity index (χ1v) is 9.55. The molecule has 1 fully saturated rings. The molecule has 0 radical (unpaired) electrons. The van der Waals surface area contributed by atoms with E-state index in [9.17, 15) is 0 Å². The molecule has 1 aliphatic rings. The van der Waals surface area contributed by atoms with E-state index in [1.54, 1.807) is 0 Å². The first-order valence-electron chi connectivity index (χ1n) is 6.79. The molecule has 1 aliphatic heterocycles. The lowest BCUT2D eigenvalue weighted by Crippen LogP contribution is -2.33. The molecule has 0 bridgehead atoms. The maximum Gasteiger partial charge on any atom is 0.190 e. The Kier molecular flexibility index (Phi) is 4.93. The highest BCUT2D eigenvalue weighted by Gasteiger charge is 2.21. The first kappa shape index (κ1) is 15.0. The largest absolute Gasteiger partial charge is 0.354 e. The molecule has 2 aromatic rings. The van der Waals surface area contributed by atoms with Crippen LogP contribution in [0.4, 0.5) is 5.82 Å². The minimum atomic E-state index is 0.536. The Bertz CT molecular complexity index is 616. The van der Waals surface area contributed by atoms with Crippen LogP contribution in [-0.2, 0) is 0 Å². The zero-order chi connectivity index (χ0) is 14.7. The standard InChI is InChI=1S/C15H16ClN3S2/c1-20-15-17-13(16)12(11-5-3-2-4-6-11)14(18-15)19-7-9-21-10-8-19/h2-6H,7-10H2,1H3. The van der Waals surface area contributed by atoms with E-state index in [1.165, 1.54) is 11.8 Å². The molecular formula is C15H16ClN3S2. The molecule has 0 spiro atoms. The Balaban J connectivity index is 2.12. The molecule has 1 aromatic heterocycles. The summed E-state index contributed by atoms with van der Waals surface area (Å²) in [6.07, 6.45) is 1.98. The van der Waals surface area contributed by atoms with Crippen LogP contribution in [0.1, 0.15) is 0 Å². The topological polar surface area (TPSA) is 29.0 Å². The predicted octanol–water partition coefficient (Wildman–Crippen LogP) is 4.07. The van der Waals surface area contributed by atoms with Gasteiger partial charge in [0, 0.05) is 24.6 Å². The summed E-state index contributed by atoms with van der Waals surface area (Å²) in [7, 11) is 0. The number of benzene rings is 1. The first-order chi connectivity index (χ1) is 10.3. The van der Waals surface area contributed by atoms with Crippen molar-refractivity contribution >= 4 is 40.9 Å². The summed E-state index contributed by atoms with van der Waals surface area (Å²) in [6, 6.07) is 10.2. The number of halogens is 1. The van der Waals surface area contributed by atoms with Gasteiger partial charge in [-0.2, -0.15) is 11.8 Å². The molecule has 110 valence electrons.